The number of hydrogen-bond donors (Lipinski definition) is 0. The van der Waals surface area contributed by atoms with Gasteiger partial charge in [0.1, 0.15) is 13.2 Å². The largest absolute Gasteiger partial charge is 0.462 e. The van der Waals surface area contributed by atoms with E-state index in [1.165, 1.54) is 128 Å². The molecule has 0 aliphatic heterocycles. The van der Waals surface area contributed by atoms with Crippen molar-refractivity contribution >= 4 is 17.9 Å². The zero-order valence-electron chi connectivity index (χ0n) is 54.2. The summed E-state index contributed by atoms with van der Waals surface area (Å²) >= 11 is 0. The minimum Gasteiger partial charge on any atom is -0.462 e. The third-order valence-electron chi connectivity index (χ3n) is 14.6. The molecule has 0 aromatic heterocycles. The molecule has 0 aromatic carbocycles. The lowest BCUT2D eigenvalue weighted by Crippen LogP contribution is -2.30. The first-order valence-corrected chi connectivity index (χ1v) is 34.7. The second kappa shape index (κ2) is 70.0. The summed E-state index contributed by atoms with van der Waals surface area (Å²) in [5.74, 6) is -0.910. The van der Waals surface area contributed by atoms with Crippen LogP contribution in [-0.2, 0) is 28.6 Å². The predicted molar refractivity (Wildman–Crippen MR) is 362 cm³/mol. The molecule has 0 aromatic rings. The van der Waals surface area contributed by atoms with Crippen molar-refractivity contribution < 1.29 is 28.6 Å². The third-order valence-corrected chi connectivity index (χ3v) is 14.6. The van der Waals surface area contributed by atoms with Crippen LogP contribution in [0.25, 0.3) is 0 Å². The fourth-order valence-corrected chi connectivity index (χ4v) is 9.43. The molecule has 472 valence electrons. The molecule has 0 aliphatic rings. The summed E-state index contributed by atoms with van der Waals surface area (Å²) in [5.41, 5.74) is 0. The van der Waals surface area contributed by atoms with Gasteiger partial charge in [-0.2, -0.15) is 0 Å². The van der Waals surface area contributed by atoms with Crippen molar-refractivity contribution in [2.24, 2.45) is 0 Å². The topological polar surface area (TPSA) is 78.9 Å². The second-order valence-electron chi connectivity index (χ2n) is 22.7. The highest BCUT2D eigenvalue weighted by Crippen LogP contribution is 2.15. The Labute approximate surface area is 513 Å². The van der Waals surface area contributed by atoms with Crippen LogP contribution < -0.4 is 0 Å². The molecule has 0 amide bonds. The van der Waals surface area contributed by atoms with E-state index in [1.54, 1.807) is 0 Å². The van der Waals surface area contributed by atoms with Crippen molar-refractivity contribution in [3.63, 3.8) is 0 Å². The average molecular weight is 1150 g/mol. The van der Waals surface area contributed by atoms with Gasteiger partial charge in [-0.3, -0.25) is 14.4 Å². The van der Waals surface area contributed by atoms with E-state index in [2.05, 4.69) is 154 Å². The first-order chi connectivity index (χ1) is 41.0. The summed E-state index contributed by atoms with van der Waals surface area (Å²) in [6.07, 6.45) is 99.0. The predicted octanol–water partition coefficient (Wildman–Crippen LogP) is 24.1. The van der Waals surface area contributed by atoms with E-state index >= 15 is 0 Å². The van der Waals surface area contributed by atoms with Gasteiger partial charge in [0.25, 0.3) is 0 Å². The fourth-order valence-electron chi connectivity index (χ4n) is 9.43. The van der Waals surface area contributed by atoms with Gasteiger partial charge in [-0.25, -0.2) is 0 Å². The Kier molecular flexibility index (Phi) is 66.3. The monoisotopic (exact) mass is 1150 g/mol. The Morgan fingerprint density at radius 2 is 0.470 bits per heavy atom. The molecular formula is C77H128O6. The molecule has 0 saturated carbocycles. The number of allylic oxidation sites excluding steroid dienone is 22. The molecule has 0 N–H and O–H groups in total. The maximum Gasteiger partial charge on any atom is 0.306 e. The SMILES string of the molecule is CC/C=C\C/C=C\C/C=C\C/C=C\C/C=C\C/C=C\C/C=C\C/C=C\CCCCCCCCCCCCC(=O)OCC(COC(=O)CCCCCCC/C=C\CCCCCCC)OC(=O)CCCCCCC/C=C\C/C=C\CCCCCC. The molecule has 0 radical (unpaired) electrons. The van der Waals surface area contributed by atoms with Crippen LogP contribution in [0, 0.1) is 0 Å². The molecule has 0 spiro atoms. The minimum atomic E-state index is -0.794. The van der Waals surface area contributed by atoms with Crippen LogP contribution in [0.15, 0.2) is 134 Å². The van der Waals surface area contributed by atoms with Gasteiger partial charge in [-0.15, -0.1) is 0 Å². The van der Waals surface area contributed by atoms with Crippen LogP contribution in [0.5, 0.6) is 0 Å². The number of rotatable bonds is 62. The van der Waals surface area contributed by atoms with E-state index in [0.717, 1.165) is 148 Å². The Hall–Kier alpha value is -4.45. The van der Waals surface area contributed by atoms with Crippen LogP contribution >= 0.6 is 0 Å². The molecule has 0 aliphatic carbocycles. The second-order valence-corrected chi connectivity index (χ2v) is 22.7. The van der Waals surface area contributed by atoms with E-state index in [9.17, 15) is 14.4 Å². The van der Waals surface area contributed by atoms with E-state index in [0.29, 0.717) is 19.3 Å². The average Bonchev–Trinajstić information content (AvgIpc) is 3.49. The minimum absolute atomic E-state index is 0.0899. The first-order valence-electron chi connectivity index (χ1n) is 34.7. The molecule has 1 atom stereocenters. The quantitative estimate of drug-likeness (QED) is 0.0261. The van der Waals surface area contributed by atoms with E-state index in [4.69, 9.17) is 14.2 Å². The first kappa shape index (κ1) is 78.5. The van der Waals surface area contributed by atoms with Crippen molar-refractivity contribution in [3.8, 4) is 0 Å². The molecule has 83 heavy (non-hydrogen) atoms. The number of esters is 3. The highest BCUT2D eigenvalue weighted by Gasteiger charge is 2.19. The lowest BCUT2D eigenvalue weighted by Gasteiger charge is -2.18. The van der Waals surface area contributed by atoms with Crippen molar-refractivity contribution in [2.45, 2.75) is 322 Å². The molecule has 0 heterocycles. The van der Waals surface area contributed by atoms with Crippen molar-refractivity contribution in [3.05, 3.63) is 134 Å². The van der Waals surface area contributed by atoms with Gasteiger partial charge in [0.2, 0.25) is 0 Å². The zero-order chi connectivity index (χ0) is 59.9. The van der Waals surface area contributed by atoms with Crippen LogP contribution in [-0.4, -0.2) is 37.2 Å². The van der Waals surface area contributed by atoms with Crippen LogP contribution in [0.1, 0.15) is 316 Å². The van der Waals surface area contributed by atoms with Gasteiger partial charge in [-0.1, -0.05) is 289 Å². The lowest BCUT2D eigenvalue weighted by atomic mass is 10.1. The van der Waals surface area contributed by atoms with Gasteiger partial charge in [0.15, 0.2) is 6.10 Å². The third kappa shape index (κ3) is 68.2. The smallest absolute Gasteiger partial charge is 0.306 e. The van der Waals surface area contributed by atoms with Gasteiger partial charge < -0.3 is 14.2 Å². The zero-order valence-corrected chi connectivity index (χ0v) is 54.2. The normalized spacial score (nSPS) is 13.0. The molecule has 6 heteroatoms. The Morgan fingerprint density at radius 3 is 0.759 bits per heavy atom. The fraction of sp³-hybridized carbons (Fsp3) is 0.675. The van der Waals surface area contributed by atoms with Gasteiger partial charge >= 0.3 is 17.9 Å². The Bertz CT molecular complexity index is 1750. The van der Waals surface area contributed by atoms with Gasteiger partial charge in [-0.05, 0) is 141 Å². The molecule has 0 rings (SSSR count). The number of carbonyl (C=O) groups excluding carboxylic acids is 3. The highest BCUT2D eigenvalue weighted by molar-refractivity contribution is 5.71. The summed E-state index contributed by atoms with van der Waals surface area (Å²) in [7, 11) is 0. The van der Waals surface area contributed by atoms with Crippen molar-refractivity contribution in [2.75, 3.05) is 13.2 Å². The Morgan fingerprint density at radius 1 is 0.253 bits per heavy atom. The summed E-state index contributed by atoms with van der Waals surface area (Å²) < 4.78 is 16.9. The van der Waals surface area contributed by atoms with Gasteiger partial charge in [0.05, 0.1) is 0 Å². The highest BCUT2D eigenvalue weighted by atomic mass is 16.6. The Balaban J connectivity index is 4.26. The molecule has 1 unspecified atom stereocenters. The molecule has 0 fully saturated rings. The summed E-state index contributed by atoms with van der Waals surface area (Å²) in [6.45, 7) is 6.49. The lowest BCUT2D eigenvalue weighted by molar-refractivity contribution is -0.167. The maximum absolute atomic E-state index is 12.9. The van der Waals surface area contributed by atoms with E-state index in [1.807, 2.05) is 0 Å². The molecule has 0 bridgehead atoms. The van der Waals surface area contributed by atoms with Crippen LogP contribution in [0.4, 0.5) is 0 Å². The number of hydrogen-bond acceptors (Lipinski definition) is 6. The number of ether oxygens (including phenoxy) is 3. The van der Waals surface area contributed by atoms with Crippen molar-refractivity contribution in [1.82, 2.24) is 0 Å². The van der Waals surface area contributed by atoms with Crippen molar-refractivity contribution in [1.29, 1.82) is 0 Å². The standard InChI is InChI=1S/C77H128O6/c1-4-7-10-13-16-19-22-25-28-30-31-32-33-34-35-36-37-38-39-40-41-42-43-44-45-46-47-48-50-52-55-58-61-64-67-70-76(79)82-73-74(72-81-75(78)69-66-63-60-57-54-51-27-24-21-18-15-12-9-6-3)83-77(80)71-68-65-62-59-56-53-49-29-26-23-20-17-14-11-8-5-2/h7,10,16,19-20,23-25,27-29,31-32,34-35,37-38,40-41,43-44,49,74H,4-6,8-9,11-15,17-18,21-22,26,30,33,36,39,42,45-48,50-73H2,1-3H3/b10-7-,19-16-,23-20-,27-24-,28-25-,32-31-,35-34-,38-37-,41-40-,44-43-,49-29-. The molecular weight excluding hydrogens is 1020 g/mol. The van der Waals surface area contributed by atoms with E-state index in [-0.39, 0.29) is 31.1 Å². The van der Waals surface area contributed by atoms with Crippen LogP contribution in [0.3, 0.4) is 0 Å². The van der Waals surface area contributed by atoms with Crippen LogP contribution in [0.2, 0.25) is 0 Å². The molecule has 0 saturated heterocycles. The summed E-state index contributed by atoms with van der Waals surface area (Å²) in [6, 6.07) is 0. The summed E-state index contributed by atoms with van der Waals surface area (Å²) in [4.78, 5) is 38.4. The number of carbonyl (C=O) groups is 3. The number of unbranched alkanes of at least 4 members (excludes halogenated alkanes) is 29. The summed E-state index contributed by atoms with van der Waals surface area (Å²) in [5, 5.41) is 0. The van der Waals surface area contributed by atoms with E-state index < -0.39 is 6.10 Å². The maximum atomic E-state index is 12.9. The molecule has 6 nitrogen and oxygen atoms in total. The van der Waals surface area contributed by atoms with Gasteiger partial charge in [0, 0.05) is 19.3 Å².